The van der Waals surface area contributed by atoms with E-state index in [4.69, 9.17) is 5.11 Å². The van der Waals surface area contributed by atoms with Crippen molar-refractivity contribution in [2.24, 2.45) is 0 Å². The lowest BCUT2D eigenvalue weighted by Crippen LogP contribution is -2.53. The number of nitrogens with zero attached hydrogens (tertiary/aromatic N) is 1. The van der Waals surface area contributed by atoms with E-state index in [2.05, 4.69) is 5.32 Å². The average Bonchev–Trinajstić information content (AvgIpc) is 3.11. The molecule has 1 atom stereocenters. The summed E-state index contributed by atoms with van der Waals surface area (Å²) in [5, 5.41) is 21.0. The van der Waals surface area contributed by atoms with Gasteiger partial charge in [0.1, 0.15) is 5.54 Å². The summed E-state index contributed by atoms with van der Waals surface area (Å²) < 4.78 is 0. The minimum absolute atomic E-state index is 0.0620. The normalized spacial score (nSPS) is 26.3. The van der Waals surface area contributed by atoms with Gasteiger partial charge in [0.05, 0.1) is 12.6 Å². The molecular formula is C12H20N2O4. The molecule has 0 aromatic heterocycles. The lowest BCUT2D eigenvalue weighted by Gasteiger charge is -2.30. The molecular weight excluding hydrogens is 236 g/mol. The minimum atomic E-state index is -1.05. The molecule has 2 aliphatic rings. The maximum absolute atomic E-state index is 12.1. The van der Waals surface area contributed by atoms with Crippen molar-refractivity contribution in [2.45, 2.75) is 50.1 Å². The Morgan fingerprint density at radius 1 is 1.28 bits per heavy atom. The van der Waals surface area contributed by atoms with Crippen molar-refractivity contribution in [1.29, 1.82) is 0 Å². The van der Waals surface area contributed by atoms with Crippen LogP contribution in [-0.2, 0) is 4.79 Å². The summed E-state index contributed by atoms with van der Waals surface area (Å²) in [7, 11) is 0. The van der Waals surface area contributed by atoms with Gasteiger partial charge in [-0.3, -0.25) is 0 Å². The predicted octanol–water partition coefficient (Wildman–Crippen LogP) is 0.550. The number of urea groups is 1. The Morgan fingerprint density at radius 3 is 2.56 bits per heavy atom. The van der Waals surface area contributed by atoms with E-state index in [1.807, 2.05) is 0 Å². The molecule has 6 nitrogen and oxygen atoms in total. The fourth-order valence-corrected chi connectivity index (χ4v) is 2.43. The molecule has 2 amide bonds. The summed E-state index contributed by atoms with van der Waals surface area (Å²) in [6.45, 7) is 0.528. The molecule has 1 aliphatic heterocycles. The average molecular weight is 256 g/mol. The number of aliphatic hydroxyl groups is 1. The maximum Gasteiger partial charge on any atom is 0.329 e. The molecule has 1 aliphatic carbocycles. The number of carbonyl (C=O) groups is 2. The van der Waals surface area contributed by atoms with Crippen LogP contribution < -0.4 is 5.32 Å². The zero-order chi connectivity index (χ0) is 13.2. The predicted molar refractivity (Wildman–Crippen MR) is 64.2 cm³/mol. The largest absolute Gasteiger partial charge is 0.480 e. The molecule has 1 heterocycles. The molecule has 102 valence electrons. The van der Waals surface area contributed by atoms with Crippen LogP contribution in [0.15, 0.2) is 0 Å². The second-order valence-electron chi connectivity index (χ2n) is 5.20. The number of carbonyl (C=O) groups excluding carboxylic acids is 1. The Labute approximate surface area is 106 Å². The van der Waals surface area contributed by atoms with Crippen LogP contribution in [0.3, 0.4) is 0 Å². The summed E-state index contributed by atoms with van der Waals surface area (Å²) in [5.41, 5.74) is -1.05. The van der Waals surface area contributed by atoms with Gasteiger partial charge in [0.2, 0.25) is 0 Å². The number of likely N-dealkylation sites (tertiary alicyclic amines) is 1. The van der Waals surface area contributed by atoms with E-state index in [-0.39, 0.29) is 18.7 Å². The monoisotopic (exact) mass is 256 g/mol. The SMILES string of the molecule is O=C(NC1(C(=O)O)CC1)N1CCCCCC1CO. The number of nitrogens with one attached hydrogen (secondary N) is 1. The Morgan fingerprint density at radius 2 is 2.00 bits per heavy atom. The van der Waals surface area contributed by atoms with Crippen molar-refractivity contribution >= 4 is 12.0 Å². The minimum Gasteiger partial charge on any atom is -0.480 e. The van der Waals surface area contributed by atoms with Gasteiger partial charge >= 0.3 is 12.0 Å². The lowest BCUT2D eigenvalue weighted by molar-refractivity contribution is -0.140. The highest BCUT2D eigenvalue weighted by Gasteiger charge is 2.52. The first-order chi connectivity index (χ1) is 8.59. The van der Waals surface area contributed by atoms with E-state index < -0.39 is 11.5 Å². The maximum atomic E-state index is 12.1. The number of amides is 2. The van der Waals surface area contributed by atoms with Crippen LogP contribution in [0, 0.1) is 0 Å². The number of carboxylic acid groups (broad SMARTS) is 1. The standard InChI is InChI=1S/C12H20N2O4/c15-8-9-4-2-1-3-7-14(9)11(18)13-12(5-6-12)10(16)17/h9,15H,1-8H2,(H,13,18)(H,16,17). The molecule has 0 aromatic rings. The molecule has 2 rings (SSSR count). The molecule has 6 heteroatoms. The molecule has 1 saturated carbocycles. The van der Waals surface area contributed by atoms with Gasteiger partial charge in [0.15, 0.2) is 0 Å². The zero-order valence-electron chi connectivity index (χ0n) is 10.4. The highest BCUT2D eigenvalue weighted by molar-refractivity contribution is 5.89. The first-order valence-electron chi connectivity index (χ1n) is 6.52. The van der Waals surface area contributed by atoms with Gasteiger partial charge in [0.25, 0.3) is 0 Å². The van der Waals surface area contributed by atoms with Crippen LogP contribution in [0.2, 0.25) is 0 Å². The van der Waals surface area contributed by atoms with Gasteiger partial charge in [0, 0.05) is 6.54 Å². The van der Waals surface area contributed by atoms with Crippen LogP contribution in [0.5, 0.6) is 0 Å². The molecule has 0 aromatic carbocycles. The van der Waals surface area contributed by atoms with E-state index in [9.17, 15) is 14.7 Å². The number of rotatable bonds is 3. The van der Waals surface area contributed by atoms with E-state index in [0.29, 0.717) is 19.4 Å². The van der Waals surface area contributed by atoms with Crippen LogP contribution in [0.25, 0.3) is 0 Å². The molecule has 2 fully saturated rings. The van der Waals surface area contributed by atoms with E-state index >= 15 is 0 Å². The fourth-order valence-electron chi connectivity index (χ4n) is 2.43. The highest BCUT2D eigenvalue weighted by Crippen LogP contribution is 2.35. The molecule has 18 heavy (non-hydrogen) atoms. The summed E-state index contributed by atoms with van der Waals surface area (Å²) in [6.07, 6.45) is 4.72. The smallest absolute Gasteiger partial charge is 0.329 e. The molecule has 0 radical (unpaired) electrons. The van der Waals surface area contributed by atoms with Crippen LogP contribution in [0.4, 0.5) is 4.79 Å². The molecule has 0 bridgehead atoms. The van der Waals surface area contributed by atoms with Crippen LogP contribution in [0.1, 0.15) is 38.5 Å². The molecule has 0 spiro atoms. The lowest BCUT2D eigenvalue weighted by atomic mass is 10.1. The van der Waals surface area contributed by atoms with Gasteiger partial charge in [-0.25, -0.2) is 9.59 Å². The van der Waals surface area contributed by atoms with Gasteiger partial charge in [-0.1, -0.05) is 12.8 Å². The number of carboxylic acids is 1. The first kappa shape index (κ1) is 13.1. The van der Waals surface area contributed by atoms with E-state index in [1.54, 1.807) is 4.90 Å². The van der Waals surface area contributed by atoms with Crippen molar-refractivity contribution < 1.29 is 19.8 Å². The third kappa shape index (κ3) is 2.58. The summed E-state index contributed by atoms with van der Waals surface area (Å²) in [5.74, 6) is -0.966. The van der Waals surface area contributed by atoms with Gasteiger partial charge < -0.3 is 20.4 Å². The van der Waals surface area contributed by atoms with Gasteiger partial charge in [-0.15, -0.1) is 0 Å². The molecule has 1 saturated heterocycles. The van der Waals surface area contributed by atoms with Crippen molar-refractivity contribution in [3.05, 3.63) is 0 Å². The second-order valence-corrected chi connectivity index (χ2v) is 5.20. The summed E-state index contributed by atoms with van der Waals surface area (Å²) in [6, 6.07) is -0.534. The Hall–Kier alpha value is -1.30. The Balaban J connectivity index is 2.00. The number of hydrogen-bond acceptors (Lipinski definition) is 3. The summed E-state index contributed by atoms with van der Waals surface area (Å²) >= 11 is 0. The van der Waals surface area contributed by atoms with Crippen LogP contribution in [-0.4, -0.2) is 51.8 Å². The molecule has 3 N–H and O–H groups in total. The second kappa shape index (κ2) is 5.14. The van der Waals surface area contributed by atoms with Crippen LogP contribution >= 0.6 is 0 Å². The summed E-state index contributed by atoms with van der Waals surface area (Å²) in [4.78, 5) is 24.8. The Kier molecular flexibility index (Phi) is 3.75. The van der Waals surface area contributed by atoms with Crippen molar-refractivity contribution in [3.63, 3.8) is 0 Å². The van der Waals surface area contributed by atoms with E-state index in [1.165, 1.54) is 0 Å². The van der Waals surface area contributed by atoms with E-state index in [0.717, 1.165) is 25.7 Å². The van der Waals surface area contributed by atoms with Crippen molar-refractivity contribution in [2.75, 3.05) is 13.2 Å². The first-order valence-corrected chi connectivity index (χ1v) is 6.52. The van der Waals surface area contributed by atoms with Gasteiger partial charge in [-0.05, 0) is 25.7 Å². The van der Waals surface area contributed by atoms with Crippen molar-refractivity contribution in [1.82, 2.24) is 10.2 Å². The molecule has 1 unspecified atom stereocenters. The number of aliphatic carboxylic acids is 1. The Bertz CT molecular complexity index is 341. The number of aliphatic hydroxyl groups excluding tert-OH is 1. The third-order valence-corrected chi connectivity index (χ3v) is 3.85. The topological polar surface area (TPSA) is 89.9 Å². The third-order valence-electron chi connectivity index (χ3n) is 3.85. The highest BCUT2D eigenvalue weighted by atomic mass is 16.4. The quantitative estimate of drug-likeness (QED) is 0.688. The van der Waals surface area contributed by atoms with Gasteiger partial charge in [-0.2, -0.15) is 0 Å². The fraction of sp³-hybridized carbons (Fsp3) is 0.833. The number of hydrogen-bond donors (Lipinski definition) is 3. The van der Waals surface area contributed by atoms with Crippen molar-refractivity contribution in [3.8, 4) is 0 Å². The zero-order valence-corrected chi connectivity index (χ0v) is 10.4.